The molecule has 0 N–H and O–H groups in total. The van der Waals surface area contributed by atoms with E-state index in [1.54, 1.807) is 24.8 Å². The zero-order valence-electron chi connectivity index (χ0n) is 10.0. The smallest absolute Gasteiger partial charge is 0.338 e. The van der Waals surface area contributed by atoms with E-state index in [-0.39, 0.29) is 5.97 Å². The molecule has 0 amide bonds. The molecule has 1 aromatic carbocycles. The monoisotopic (exact) mass is 249 g/mol. The lowest BCUT2D eigenvalue weighted by Crippen LogP contribution is -2.08. The van der Waals surface area contributed by atoms with Gasteiger partial charge in [0.1, 0.15) is 0 Å². The molecule has 4 heteroatoms. The molecule has 0 radical (unpaired) electrons. The van der Waals surface area contributed by atoms with Gasteiger partial charge in [0.15, 0.2) is 0 Å². The van der Waals surface area contributed by atoms with Crippen molar-refractivity contribution in [3.05, 3.63) is 29.3 Å². The SMILES string of the molecule is CCOC(=O)c1ccc(SC)cc1CCC#N. The summed E-state index contributed by atoms with van der Waals surface area (Å²) in [6.07, 6.45) is 2.97. The second kappa shape index (κ2) is 6.97. The van der Waals surface area contributed by atoms with E-state index in [0.29, 0.717) is 25.0 Å². The fraction of sp³-hybridized carbons (Fsp3) is 0.385. The van der Waals surface area contributed by atoms with Crippen molar-refractivity contribution in [1.82, 2.24) is 0 Å². The Morgan fingerprint density at radius 1 is 1.53 bits per heavy atom. The van der Waals surface area contributed by atoms with Crippen LogP contribution in [0.2, 0.25) is 0 Å². The lowest BCUT2D eigenvalue weighted by Gasteiger charge is -2.09. The minimum atomic E-state index is -0.312. The zero-order valence-corrected chi connectivity index (χ0v) is 10.8. The lowest BCUT2D eigenvalue weighted by atomic mass is 10.0. The summed E-state index contributed by atoms with van der Waals surface area (Å²) in [4.78, 5) is 12.8. The van der Waals surface area contributed by atoms with Crippen molar-refractivity contribution in [3.8, 4) is 6.07 Å². The maximum absolute atomic E-state index is 11.7. The second-order valence-corrected chi connectivity index (χ2v) is 4.28. The molecule has 0 fully saturated rings. The number of nitriles is 1. The topological polar surface area (TPSA) is 50.1 Å². The van der Waals surface area contributed by atoms with Crippen LogP contribution in [0.25, 0.3) is 0 Å². The summed E-state index contributed by atoms with van der Waals surface area (Å²) in [5.41, 5.74) is 1.46. The minimum Gasteiger partial charge on any atom is -0.462 e. The van der Waals surface area contributed by atoms with Gasteiger partial charge in [-0.2, -0.15) is 5.26 Å². The minimum absolute atomic E-state index is 0.312. The van der Waals surface area contributed by atoms with Crippen LogP contribution in [0.15, 0.2) is 23.1 Å². The number of carbonyl (C=O) groups is 1. The largest absolute Gasteiger partial charge is 0.462 e. The molecule has 0 bridgehead atoms. The van der Waals surface area contributed by atoms with Crippen molar-refractivity contribution in [1.29, 1.82) is 5.26 Å². The van der Waals surface area contributed by atoms with E-state index in [1.165, 1.54) is 0 Å². The number of aryl methyl sites for hydroxylation is 1. The number of carbonyl (C=O) groups excluding carboxylic acids is 1. The first kappa shape index (κ1) is 13.6. The fourth-order valence-electron chi connectivity index (χ4n) is 1.50. The Bertz CT molecular complexity index is 438. The van der Waals surface area contributed by atoms with Gasteiger partial charge in [-0.1, -0.05) is 0 Å². The first-order chi connectivity index (χ1) is 8.22. The average Bonchev–Trinajstić information content (AvgIpc) is 2.36. The standard InChI is InChI=1S/C13H15NO2S/c1-3-16-13(15)12-7-6-11(17-2)9-10(12)5-4-8-14/h6-7,9H,3-5H2,1-2H3. The highest BCUT2D eigenvalue weighted by molar-refractivity contribution is 7.98. The molecule has 0 spiro atoms. The van der Waals surface area contributed by atoms with E-state index < -0.39 is 0 Å². The number of esters is 1. The summed E-state index contributed by atoms with van der Waals surface area (Å²) in [6.45, 7) is 2.14. The number of nitrogens with zero attached hydrogens (tertiary/aromatic N) is 1. The van der Waals surface area contributed by atoms with Crippen LogP contribution < -0.4 is 0 Å². The Labute approximate surface area is 106 Å². The maximum Gasteiger partial charge on any atom is 0.338 e. The molecule has 0 aliphatic carbocycles. The van der Waals surface area contributed by atoms with Crippen molar-refractivity contribution in [2.75, 3.05) is 12.9 Å². The number of ether oxygens (including phenoxy) is 1. The third kappa shape index (κ3) is 3.79. The Morgan fingerprint density at radius 2 is 2.29 bits per heavy atom. The molecular formula is C13H15NO2S. The number of hydrogen-bond acceptors (Lipinski definition) is 4. The predicted molar refractivity (Wildman–Crippen MR) is 68.1 cm³/mol. The van der Waals surface area contributed by atoms with Crippen LogP contribution in [-0.2, 0) is 11.2 Å². The van der Waals surface area contributed by atoms with Crippen LogP contribution in [0.1, 0.15) is 29.3 Å². The van der Waals surface area contributed by atoms with Gasteiger partial charge in [-0.25, -0.2) is 4.79 Å². The maximum atomic E-state index is 11.7. The van der Waals surface area contributed by atoms with E-state index in [1.807, 2.05) is 18.4 Å². The molecule has 0 aliphatic rings. The van der Waals surface area contributed by atoms with Crippen molar-refractivity contribution < 1.29 is 9.53 Å². The number of thioether (sulfide) groups is 1. The molecule has 1 rings (SSSR count). The number of benzene rings is 1. The molecular weight excluding hydrogens is 234 g/mol. The lowest BCUT2D eigenvalue weighted by molar-refractivity contribution is 0.0525. The van der Waals surface area contributed by atoms with Crippen LogP contribution in [0.4, 0.5) is 0 Å². The Hall–Kier alpha value is -1.47. The molecule has 90 valence electrons. The van der Waals surface area contributed by atoms with Crippen LogP contribution >= 0.6 is 11.8 Å². The Balaban J connectivity index is 3.02. The third-order valence-corrected chi connectivity index (χ3v) is 3.04. The summed E-state index contributed by atoms with van der Waals surface area (Å²) in [5, 5.41) is 8.62. The highest BCUT2D eigenvalue weighted by Crippen LogP contribution is 2.21. The second-order valence-electron chi connectivity index (χ2n) is 3.40. The van der Waals surface area contributed by atoms with E-state index in [4.69, 9.17) is 10.00 Å². The third-order valence-electron chi connectivity index (χ3n) is 2.31. The van der Waals surface area contributed by atoms with Crippen LogP contribution in [0.5, 0.6) is 0 Å². The quantitative estimate of drug-likeness (QED) is 0.594. The van der Waals surface area contributed by atoms with E-state index in [9.17, 15) is 4.79 Å². The predicted octanol–water partition coefficient (Wildman–Crippen LogP) is 3.04. The summed E-state index contributed by atoms with van der Waals surface area (Å²) in [7, 11) is 0. The number of rotatable bonds is 5. The van der Waals surface area contributed by atoms with Gasteiger partial charge < -0.3 is 4.74 Å². The van der Waals surface area contributed by atoms with Gasteiger partial charge in [0.25, 0.3) is 0 Å². The molecule has 0 unspecified atom stereocenters. The molecule has 0 saturated carbocycles. The molecule has 0 aliphatic heterocycles. The van der Waals surface area contributed by atoms with Gasteiger partial charge in [-0.15, -0.1) is 11.8 Å². The Morgan fingerprint density at radius 3 is 2.88 bits per heavy atom. The van der Waals surface area contributed by atoms with Gasteiger partial charge in [-0.05, 0) is 43.4 Å². The fourth-order valence-corrected chi connectivity index (χ4v) is 1.97. The van der Waals surface area contributed by atoms with Gasteiger partial charge >= 0.3 is 5.97 Å². The Kier molecular flexibility index (Phi) is 5.58. The molecule has 0 atom stereocenters. The summed E-state index contributed by atoms with van der Waals surface area (Å²) >= 11 is 1.62. The van der Waals surface area contributed by atoms with Crippen LogP contribution in [0, 0.1) is 11.3 Å². The van der Waals surface area contributed by atoms with Crippen molar-refractivity contribution in [2.24, 2.45) is 0 Å². The van der Waals surface area contributed by atoms with Gasteiger partial charge in [0, 0.05) is 11.3 Å². The summed E-state index contributed by atoms with van der Waals surface area (Å²) in [5.74, 6) is -0.312. The van der Waals surface area contributed by atoms with Crippen LogP contribution in [-0.4, -0.2) is 18.8 Å². The zero-order chi connectivity index (χ0) is 12.7. The van der Waals surface area contributed by atoms with E-state index in [2.05, 4.69) is 6.07 Å². The van der Waals surface area contributed by atoms with Crippen molar-refractivity contribution in [3.63, 3.8) is 0 Å². The molecule has 17 heavy (non-hydrogen) atoms. The first-order valence-corrected chi connectivity index (χ1v) is 6.66. The van der Waals surface area contributed by atoms with Crippen molar-refractivity contribution in [2.45, 2.75) is 24.7 Å². The number of hydrogen-bond donors (Lipinski definition) is 0. The normalized spacial score (nSPS) is 9.71. The molecule has 0 heterocycles. The molecule has 0 aromatic heterocycles. The first-order valence-electron chi connectivity index (χ1n) is 5.44. The average molecular weight is 249 g/mol. The van der Waals surface area contributed by atoms with Crippen LogP contribution in [0.3, 0.4) is 0 Å². The highest BCUT2D eigenvalue weighted by Gasteiger charge is 2.12. The molecule has 3 nitrogen and oxygen atoms in total. The molecule has 0 saturated heterocycles. The van der Waals surface area contributed by atoms with Gasteiger partial charge in [0.2, 0.25) is 0 Å². The summed E-state index contributed by atoms with van der Waals surface area (Å²) < 4.78 is 4.99. The van der Waals surface area contributed by atoms with Crippen molar-refractivity contribution >= 4 is 17.7 Å². The van der Waals surface area contributed by atoms with Gasteiger partial charge in [-0.3, -0.25) is 0 Å². The van der Waals surface area contributed by atoms with Gasteiger partial charge in [0.05, 0.1) is 18.2 Å². The van der Waals surface area contributed by atoms with E-state index >= 15 is 0 Å². The van der Waals surface area contributed by atoms with E-state index in [0.717, 1.165) is 10.5 Å². The summed E-state index contributed by atoms with van der Waals surface area (Å²) in [6, 6.07) is 7.72. The molecule has 1 aromatic rings. The highest BCUT2D eigenvalue weighted by atomic mass is 32.2.